The molecule has 1 saturated carbocycles. The van der Waals surface area contributed by atoms with Gasteiger partial charge >= 0.3 is 0 Å². The molecule has 19 heavy (non-hydrogen) atoms. The normalized spacial score (nSPS) is 16.2. The Balaban J connectivity index is 2.17. The van der Waals surface area contributed by atoms with E-state index in [4.69, 9.17) is 11.1 Å². The lowest BCUT2D eigenvalue weighted by Gasteiger charge is -2.27. The van der Waals surface area contributed by atoms with Crippen LogP contribution in [0.3, 0.4) is 0 Å². The van der Waals surface area contributed by atoms with Gasteiger partial charge in [0.25, 0.3) is 0 Å². The first kappa shape index (κ1) is 14.0. The summed E-state index contributed by atoms with van der Waals surface area (Å²) >= 11 is 0. The zero-order chi connectivity index (χ0) is 13.8. The fourth-order valence-corrected chi connectivity index (χ4v) is 2.90. The first-order valence-corrected chi connectivity index (χ1v) is 6.99. The summed E-state index contributed by atoms with van der Waals surface area (Å²) in [5.41, 5.74) is 6.25. The summed E-state index contributed by atoms with van der Waals surface area (Å²) in [5.74, 6) is -0.547. The Morgan fingerprint density at radius 1 is 1.42 bits per heavy atom. The minimum absolute atomic E-state index is 0.205. The van der Waals surface area contributed by atoms with Crippen molar-refractivity contribution in [3.05, 3.63) is 35.1 Å². The van der Waals surface area contributed by atoms with Crippen molar-refractivity contribution in [1.82, 2.24) is 4.90 Å². The van der Waals surface area contributed by atoms with Gasteiger partial charge in [-0.3, -0.25) is 10.3 Å². The molecule has 0 bridgehead atoms. The Kier molecular flexibility index (Phi) is 4.53. The number of amidine groups is 1. The van der Waals surface area contributed by atoms with Gasteiger partial charge < -0.3 is 5.73 Å². The van der Waals surface area contributed by atoms with E-state index in [9.17, 15) is 4.39 Å². The summed E-state index contributed by atoms with van der Waals surface area (Å²) < 4.78 is 14.3. The molecule has 1 fully saturated rings. The average molecular weight is 263 g/mol. The second-order valence-corrected chi connectivity index (χ2v) is 5.19. The Hall–Kier alpha value is -1.42. The van der Waals surface area contributed by atoms with Gasteiger partial charge in [-0.2, -0.15) is 0 Å². The first-order valence-electron chi connectivity index (χ1n) is 6.99. The van der Waals surface area contributed by atoms with E-state index in [1.54, 1.807) is 18.2 Å². The molecule has 1 aliphatic carbocycles. The number of nitrogens with zero attached hydrogens (tertiary/aromatic N) is 1. The third-order valence-electron chi connectivity index (χ3n) is 3.99. The van der Waals surface area contributed by atoms with Crippen LogP contribution in [0.15, 0.2) is 18.2 Å². The zero-order valence-corrected chi connectivity index (χ0v) is 11.5. The molecule has 4 heteroatoms. The van der Waals surface area contributed by atoms with Gasteiger partial charge in [0.15, 0.2) is 0 Å². The van der Waals surface area contributed by atoms with Gasteiger partial charge in [0, 0.05) is 18.2 Å². The van der Waals surface area contributed by atoms with Gasteiger partial charge in [-0.05, 0) is 25.5 Å². The lowest BCUT2D eigenvalue weighted by atomic mass is 10.1. The molecular formula is C15H22FN3. The van der Waals surface area contributed by atoms with Crippen LogP contribution in [0.1, 0.15) is 43.7 Å². The van der Waals surface area contributed by atoms with Crippen molar-refractivity contribution in [3.63, 3.8) is 0 Å². The van der Waals surface area contributed by atoms with E-state index in [1.165, 1.54) is 25.7 Å². The number of hydrogen-bond acceptors (Lipinski definition) is 2. The first-order chi connectivity index (χ1) is 9.13. The monoisotopic (exact) mass is 263 g/mol. The van der Waals surface area contributed by atoms with Crippen LogP contribution in [-0.2, 0) is 6.54 Å². The van der Waals surface area contributed by atoms with Gasteiger partial charge in [0.2, 0.25) is 0 Å². The van der Waals surface area contributed by atoms with Crippen LogP contribution in [-0.4, -0.2) is 23.3 Å². The molecule has 0 spiro atoms. The maximum Gasteiger partial charge on any atom is 0.138 e. The van der Waals surface area contributed by atoms with Crippen LogP contribution in [0.2, 0.25) is 0 Å². The highest BCUT2D eigenvalue weighted by atomic mass is 19.1. The Morgan fingerprint density at radius 3 is 2.68 bits per heavy atom. The molecule has 0 aromatic heterocycles. The number of nitrogens with two attached hydrogens (primary N) is 1. The van der Waals surface area contributed by atoms with E-state index in [1.807, 2.05) is 0 Å². The predicted octanol–water partition coefficient (Wildman–Crippen LogP) is 2.87. The molecule has 0 aliphatic heterocycles. The van der Waals surface area contributed by atoms with Gasteiger partial charge in [-0.1, -0.05) is 31.9 Å². The molecular weight excluding hydrogens is 241 g/mol. The van der Waals surface area contributed by atoms with Crippen LogP contribution in [0.25, 0.3) is 0 Å². The second kappa shape index (κ2) is 6.15. The quantitative estimate of drug-likeness (QED) is 0.634. The Morgan fingerprint density at radius 2 is 2.11 bits per heavy atom. The Labute approximate surface area is 114 Å². The molecule has 3 N–H and O–H groups in total. The van der Waals surface area contributed by atoms with Gasteiger partial charge in [-0.25, -0.2) is 4.39 Å². The minimum Gasteiger partial charge on any atom is -0.384 e. The van der Waals surface area contributed by atoms with E-state index < -0.39 is 0 Å². The van der Waals surface area contributed by atoms with Crippen molar-refractivity contribution in [2.75, 3.05) is 6.54 Å². The molecule has 1 aromatic carbocycles. The van der Waals surface area contributed by atoms with Crippen molar-refractivity contribution in [3.8, 4) is 0 Å². The summed E-state index contributed by atoms with van der Waals surface area (Å²) in [6.07, 6.45) is 4.97. The third-order valence-corrected chi connectivity index (χ3v) is 3.99. The van der Waals surface area contributed by atoms with Crippen molar-refractivity contribution in [2.24, 2.45) is 5.73 Å². The SMILES string of the molecule is CCN(Cc1cccc(C(=N)N)c1F)C1CCCC1. The number of nitrogens with one attached hydrogen (secondary N) is 1. The van der Waals surface area contributed by atoms with E-state index in [0.717, 1.165) is 6.54 Å². The van der Waals surface area contributed by atoms with Crippen molar-refractivity contribution < 1.29 is 4.39 Å². The second-order valence-electron chi connectivity index (χ2n) is 5.19. The molecule has 2 rings (SSSR count). The van der Waals surface area contributed by atoms with Gasteiger partial charge in [-0.15, -0.1) is 0 Å². The third kappa shape index (κ3) is 3.13. The lowest BCUT2D eigenvalue weighted by Crippen LogP contribution is -2.33. The summed E-state index contributed by atoms with van der Waals surface area (Å²) in [5, 5.41) is 7.39. The maximum atomic E-state index is 14.3. The van der Waals surface area contributed by atoms with E-state index in [2.05, 4.69) is 11.8 Å². The molecule has 1 aromatic rings. The topological polar surface area (TPSA) is 53.1 Å². The smallest absolute Gasteiger partial charge is 0.138 e. The van der Waals surface area contributed by atoms with E-state index in [-0.39, 0.29) is 17.2 Å². The van der Waals surface area contributed by atoms with Crippen molar-refractivity contribution in [1.29, 1.82) is 5.41 Å². The maximum absolute atomic E-state index is 14.3. The van der Waals surface area contributed by atoms with E-state index >= 15 is 0 Å². The van der Waals surface area contributed by atoms with Crippen LogP contribution in [0, 0.1) is 11.2 Å². The molecule has 0 unspecified atom stereocenters. The molecule has 1 aliphatic rings. The van der Waals surface area contributed by atoms with Crippen molar-refractivity contribution in [2.45, 2.75) is 45.2 Å². The number of hydrogen-bond donors (Lipinski definition) is 2. The molecule has 3 nitrogen and oxygen atoms in total. The Bertz CT molecular complexity index is 453. The minimum atomic E-state index is -0.341. The number of rotatable bonds is 5. The zero-order valence-electron chi connectivity index (χ0n) is 11.5. The van der Waals surface area contributed by atoms with Crippen LogP contribution < -0.4 is 5.73 Å². The summed E-state index contributed by atoms with van der Waals surface area (Å²) in [6.45, 7) is 3.65. The highest BCUT2D eigenvalue weighted by molar-refractivity contribution is 5.95. The summed E-state index contributed by atoms with van der Waals surface area (Å²) in [6, 6.07) is 5.70. The lowest BCUT2D eigenvalue weighted by molar-refractivity contribution is 0.198. The fourth-order valence-electron chi connectivity index (χ4n) is 2.90. The highest BCUT2D eigenvalue weighted by Crippen LogP contribution is 2.25. The van der Waals surface area contributed by atoms with Gasteiger partial charge in [0.1, 0.15) is 11.7 Å². The number of nitrogen functional groups attached to an aromatic ring is 1. The predicted molar refractivity (Wildman–Crippen MR) is 75.8 cm³/mol. The average Bonchev–Trinajstić information content (AvgIpc) is 2.91. The standard InChI is InChI=1S/C15H22FN3/c1-2-19(12-7-3-4-8-12)10-11-6-5-9-13(14(11)16)15(17)18/h5-6,9,12H,2-4,7-8,10H2,1H3,(H3,17,18). The fraction of sp³-hybridized carbons (Fsp3) is 0.533. The van der Waals surface area contributed by atoms with Crippen molar-refractivity contribution >= 4 is 5.84 Å². The van der Waals surface area contributed by atoms with Crippen LogP contribution in [0.5, 0.6) is 0 Å². The molecule has 0 radical (unpaired) electrons. The van der Waals surface area contributed by atoms with Crippen LogP contribution >= 0.6 is 0 Å². The van der Waals surface area contributed by atoms with Crippen LogP contribution in [0.4, 0.5) is 4.39 Å². The summed E-state index contributed by atoms with van der Waals surface area (Å²) in [7, 11) is 0. The molecule has 0 amide bonds. The largest absolute Gasteiger partial charge is 0.384 e. The summed E-state index contributed by atoms with van der Waals surface area (Å²) in [4.78, 5) is 2.33. The molecule has 0 atom stereocenters. The highest BCUT2D eigenvalue weighted by Gasteiger charge is 2.22. The van der Waals surface area contributed by atoms with E-state index in [0.29, 0.717) is 18.2 Å². The van der Waals surface area contributed by atoms with Gasteiger partial charge in [0.05, 0.1) is 5.56 Å². The number of halogens is 1. The molecule has 0 saturated heterocycles. The molecule has 0 heterocycles. The number of benzene rings is 1. The molecule has 104 valence electrons.